The zero-order valence-electron chi connectivity index (χ0n) is 12.1. The van der Waals surface area contributed by atoms with E-state index in [4.69, 9.17) is 4.74 Å². The first-order valence-corrected chi connectivity index (χ1v) is 6.51. The van der Waals surface area contributed by atoms with Crippen LogP contribution in [0, 0.1) is 0 Å². The highest BCUT2D eigenvalue weighted by atomic mass is 16.6. The Morgan fingerprint density at radius 1 is 1.18 bits per heavy atom. The van der Waals surface area contributed by atoms with E-state index in [0.29, 0.717) is 5.56 Å². The van der Waals surface area contributed by atoms with Gasteiger partial charge in [-0.05, 0) is 0 Å². The third-order valence-corrected chi connectivity index (χ3v) is 2.56. The first kappa shape index (κ1) is 17.3. The van der Waals surface area contributed by atoms with E-state index >= 15 is 0 Å². The van der Waals surface area contributed by atoms with E-state index in [1.807, 2.05) is 0 Å². The Bertz CT molecular complexity index is 576. The lowest BCUT2D eigenvalue weighted by atomic mass is 10.0. The van der Waals surface area contributed by atoms with Crippen molar-refractivity contribution in [2.24, 2.45) is 0 Å². The fourth-order valence-electron chi connectivity index (χ4n) is 1.61. The lowest BCUT2D eigenvalue weighted by molar-refractivity contribution is -0.169. The van der Waals surface area contributed by atoms with Crippen molar-refractivity contribution in [1.82, 2.24) is 0 Å². The lowest BCUT2D eigenvalue weighted by Crippen LogP contribution is -2.37. The Hall–Kier alpha value is -2.76. The maximum atomic E-state index is 12.0. The number of ketones is 2. The van der Waals surface area contributed by atoms with E-state index in [9.17, 15) is 19.2 Å². The molecule has 0 radical (unpaired) electrons. The van der Waals surface area contributed by atoms with Crippen LogP contribution in [0.2, 0.25) is 0 Å². The molecule has 1 atom stereocenters. The van der Waals surface area contributed by atoms with Gasteiger partial charge in [0.2, 0.25) is 0 Å². The quantitative estimate of drug-likeness (QED) is 0.313. The van der Waals surface area contributed by atoms with Gasteiger partial charge in [-0.15, -0.1) is 0 Å². The molecule has 0 aliphatic rings. The van der Waals surface area contributed by atoms with Gasteiger partial charge in [0, 0.05) is 12.5 Å². The number of ether oxygens (including phenoxy) is 2. The van der Waals surface area contributed by atoms with Crippen molar-refractivity contribution in [3.05, 3.63) is 48.6 Å². The van der Waals surface area contributed by atoms with Crippen LogP contribution in [-0.2, 0) is 23.9 Å². The number of hydrogen-bond donors (Lipinski definition) is 0. The van der Waals surface area contributed by atoms with E-state index in [-0.39, 0.29) is 6.61 Å². The van der Waals surface area contributed by atoms with E-state index in [0.717, 1.165) is 6.92 Å². The Kier molecular flexibility index (Phi) is 6.69. The molecule has 6 heteroatoms. The first-order valence-electron chi connectivity index (χ1n) is 6.51. The number of carbonyl (C=O) groups is 4. The summed E-state index contributed by atoms with van der Waals surface area (Å²) >= 11 is 0. The molecule has 1 aromatic carbocycles. The van der Waals surface area contributed by atoms with Crippen LogP contribution in [0.1, 0.15) is 23.7 Å². The van der Waals surface area contributed by atoms with Gasteiger partial charge in [-0.3, -0.25) is 14.4 Å². The molecule has 0 aliphatic heterocycles. The first-order chi connectivity index (χ1) is 10.5. The van der Waals surface area contributed by atoms with Gasteiger partial charge in [-0.25, -0.2) is 4.79 Å². The number of rotatable bonds is 8. The van der Waals surface area contributed by atoms with Crippen molar-refractivity contribution in [3.8, 4) is 0 Å². The average molecular weight is 304 g/mol. The molecule has 6 nitrogen and oxygen atoms in total. The highest BCUT2D eigenvalue weighted by Gasteiger charge is 2.32. The molecular weight excluding hydrogens is 288 g/mol. The number of carbonyl (C=O) groups excluding carboxylic acids is 4. The smallest absolute Gasteiger partial charge is 0.355 e. The van der Waals surface area contributed by atoms with Crippen LogP contribution < -0.4 is 0 Å². The van der Waals surface area contributed by atoms with Gasteiger partial charge < -0.3 is 9.47 Å². The molecule has 0 saturated carbocycles. The molecule has 0 spiro atoms. The normalized spacial score (nSPS) is 11.1. The molecule has 1 aromatic rings. The topological polar surface area (TPSA) is 86.7 Å². The monoisotopic (exact) mass is 304 g/mol. The molecule has 0 bridgehead atoms. The zero-order chi connectivity index (χ0) is 16.5. The summed E-state index contributed by atoms with van der Waals surface area (Å²) in [5, 5.41) is 0. The number of benzene rings is 1. The SMILES string of the molecule is C=CCOC(=O)C(OC(C)=O)C(=O)CC(=O)c1ccccc1. The summed E-state index contributed by atoms with van der Waals surface area (Å²) < 4.78 is 9.35. The third-order valence-electron chi connectivity index (χ3n) is 2.56. The third kappa shape index (κ3) is 5.32. The maximum absolute atomic E-state index is 12.0. The number of hydrogen-bond acceptors (Lipinski definition) is 6. The average Bonchev–Trinajstić information content (AvgIpc) is 2.50. The van der Waals surface area contributed by atoms with Crippen molar-refractivity contribution in [2.45, 2.75) is 19.4 Å². The molecular formula is C16H16O6. The zero-order valence-corrected chi connectivity index (χ0v) is 12.1. The summed E-state index contributed by atoms with van der Waals surface area (Å²) in [7, 11) is 0. The van der Waals surface area contributed by atoms with Gasteiger partial charge in [0.15, 0.2) is 11.6 Å². The summed E-state index contributed by atoms with van der Waals surface area (Å²) in [5.74, 6) is -3.15. The molecule has 116 valence electrons. The number of esters is 2. The van der Waals surface area contributed by atoms with Gasteiger partial charge in [-0.2, -0.15) is 0 Å². The summed E-state index contributed by atoms with van der Waals surface area (Å²) in [6.45, 7) is 4.29. The van der Waals surface area contributed by atoms with Crippen molar-refractivity contribution in [1.29, 1.82) is 0 Å². The Balaban J connectivity index is 2.78. The highest BCUT2D eigenvalue weighted by molar-refractivity contribution is 6.14. The molecule has 0 heterocycles. The van der Waals surface area contributed by atoms with E-state index in [2.05, 4.69) is 11.3 Å². The second kappa shape index (κ2) is 8.51. The Morgan fingerprint density at radius 3 is 2.36 bits per heavy atom. The minimum atomic E-state index is -1.75. The van der Waals surface area contributed by atoms with E-state index in [1.54, 1.807) is 30.3 Å². The predicted molar refractivity (Wildman–Crippen MR) is 77.1 cm³/mol. The van der Waals surface area contributed by atoms with Gasteiger partial charge in [0.25, 0.3) is 6.10 Å². The van der Waals surface area contributed by atoms with Crippen LogP contribution in [-0.4, -0.2) is 36.2 Å². The fraction of sp³-hybridized carbons (Fsp3) is 0.250. The predicted octanol–water partition coefficient (Wildman–Crippen LogP) is 1.49. The number of Topliss-reactive ketones (excluding diaryl/α,β-unsaturated/α-hetero) is 2. The minimum Gasteiger partial charge on any atom is -0.458 e. The van der Waals surface area contributed by atoms with Crippen molar-refractivity contribution in [3.63, 3.8) is 0 Å². The standard InChI is InChI=1S/C16H16O6/c1-3-9-21-16(20)15(22-11(2)17)14(19)10-13(18)12-7-5-4-6-8-12/h3-8,15H,1,9-10H2,2H3. The second-order valence-corrected chi connectivity index (χ2v) is 4.34. The van der Waals surface area contributed by atoms with Gasteiger partial charge >= 0.3 is 11.9 Å². The molecule has 0 aromatic heterocycles. The van der Waals surface area contributed by atoms with Crippen LogP contribution in [0.5, 0.6) is 0 Å². The van der Waals surface area contributed by atoms with Crippen LogP contribution >= 0.6 is 0 Å². The summed E-state index contributed by atoms with van der Waals surface area (Å²) in [6, 6.07) is 8.13. The molecule has 0 aliphatic carbocycles. The minimum absolute atomic E-state index is 0.128. The van der Waals surface area contributed by atoms with E-state index in [1.165, 1.54) is 6.08 Å². The summed E-state index contributed by atoms with van der Waals surface area (Å²) in [4.78, 5) is 46.7. The molecule has 1 rings (SSSR count). The van der Waals surface area contributed by atoms with Crippen molar-refractivity contribution < 1.29 is 28.7 Å². The molecule has 0 amide bonds. The van der Waals surface area contributed by atoms with Gasteiger partial charge in [0.1, 0.15) is 6.61 Å². The van der Waals surface area contributed by atoms with Gasteiger partial charge in [0.05, 0.1) is 6.42 Å². The Morgan fingerprint density at radius 2 is 1.82 bits per heavy atom. The van der Waals surface area contributed by atoms with Crippen LogP contribution in [0.4, 0.5) is 0 Å². The maximum Gasteiger partial charge on any atom is 0.355 e. The molecule has 0 fully saturated rings. The molecule has 0 saturated heterocycles. The molecule has 1 unspecified atom stereocenters. The Labute approximate surface area is 127 Å². The van der Waals surface area contributed by atoms with Crippen LogP contribution in [0.3, 0.4) is 0 Å². The second-order valence-electron chi connectivity index (χ2n) is 4.34. The molecule has 22 heavy (non-hydrogen) atoms. The fourth-order valence-corrected chi connectivity index (χ4v) is 1.61. The lowest BCUT2D eigenvalue weighted by Gasteiger charge is -2.14. The van der Waals surface area contributed by atoms with Crippen LogP contribution in [0.15, 0.2) is 43.0 Å². The summed E-state index contributed by atoms with van der Waals surface area (Å²) in [6.07, 6.45) is -1.00. The van der Waals surface area contributed by atoms with Crippen LogP contribution in [0.25, 0.3) is 0 Å². The largest absolute Gasteiger partial charge is 0.458 e. The van der Waals surface area contributed by atoms with E-state index < -0.39 is 36.0 Å². The molecule has 0 N–H and O–H groups in total. The highest BCUT2D eigenvalue weighted by Crippen LogP contribution is 2.08. The van der Waals surface area contributed by atoms with Crippen molar-refractivity contribution >= 4 is 23.5 Å². The van der Waals surface area contributed by atoms with Gasteiger partial charge in [-0.1, -0.05) is 43.0 Å². The van der Waals surface area contributed by atoms with Crippen molar-refractivity contribution in [2.75, 3.05) is 6.61 Å². The summed E-state index contributed by atoms with van der Waals surface area (Å²) in [5.41, 5.74) is 0.330.